The van der Waals surface area contributed by atoms with Gasteiger partial charge in [-0.25, -0.2) is 4.98 Å². The van der Waals surface area contributed by atoms with Gasteiger partial charge in [0.2, 0.25) is 0 Å². The van der Waals surface area contributed by atoms with Gasteiger partial charge in [-0.15, -0.1) is 0 Å². The number of para-hydroxylation sites is 1. The van der Waals surface area contributed by atoms with Crippen molar-refractivity contribution in [2.24, 2.45) is 0 Å². The molecule has 1 aliphatic rings. The number of aromatic nitrogens is 1. The van der Waals surface area contributed by atoms with Gasteiger partial charge < -0.3 is 10.2 Å². The summed E-state index contributed by atoms with van der Waals surface area (Å²) >= 11 is 0. The third-order valence-corrected chi connectivity index (χ3v) is 4.25. The highest BCUT2D eigenvalue weighted by atomic mass is 16.3. The van der Waals surface area contributed by atoms with Crippen LogP contribution in [0.1, 0.15) is 27.2 Å². The van der Waals surface area contributed by atoms with E-state index in [1.165, 1.54) is 0 Å². The molecule has 0 saturated heterocycles. The molecule has 0 spiro atoms. The Kier molecular flexibility index (Phi) is 2.75. The smallest absolute Gasteiger partial charge is 0.199 e. The monoisotopic (exact) mass is 303 g/mol. The van der Waals surface area contributed by atoms with Crippen molar-refractivity contribution in [3.05, 3.63) is 70.9 Å². The first-order valence-corrected chi connectivity index (χ1v) is 7.25. The fourth-order valence-corrected chi connectivity index (χ4v) is 3.03. The number of aliphatic hydroxyl groups is 1. The number of fused-ring (bicyclic) bond motifs is 2. The number of benzene rings is 2. The fourth-order valence-electron chi connectivity index (χ4n) is 3.03. The zero-order valence-corrected chi connectivity index (χ0v) is 12.4. The number of aromatic hydroxyl groups is 1. The summed E-state index contributed by atoms with van der Waals surface area (Å²) in [6.07, 6.45) is 0. The van der Waals surface area contributed by atoms with Crippen molar-refractivity contribution in [1.82, 2.24) is 4.98 Å². The molecule has 2 aromatic carbocycles. The molecule has 0 atom stereocenters. The van der Waals surface area contributed by atoms with Crippen LogP contribution in [0, 0.1) is 6.92 Å². The highest BCUT2D eigenvalue weighted by Gasteiger charge is 2.33. The second kappa shape index (κ2) is 4.68. The average molecular weight is 303 g/mol. The lowest BCUT2D eigenvalue weighted by atomic mass is 10.0. The lowest BCUT2D eigenvalue weighted by molar-refractivity contribution is 0.105. The minimum Gasteiger partial charge on any atom is -0.506 e. The topological polar surface area (TPSA) is 70.4 Å². The lowest BCUT2D eigenvalue weighted by Gasteiger charge is -2.10. The number of rotatable bonds is 1. The Morgan fingerprint density at radius 3 is 2.30 bits per heavy atom. The van der Waals surface area contributed by atoms with Crippen LogP contribution in [0.15, 0.2) is 48.5 Å². The van der Waals surface area contributed by atoms with E-state index in [2.05, 4.69) is 4.98 Å². The zero-order chi connectivity index (χ0) is 16.1. The van der Waals surface area contributed by atoms with Gasteiger partial charge in [0.1, 0.15) is 17.2 Å². The van der Waals surface area contributed by atoms with Crippen molar-refractivity contribution in [3.63, 3.8) is 0 Å². The molecule has 4 rings (SSSR count). The minimum absolute atomic E-state index is 0.0533. The van der Waals surface area contributed by atoms with Crippen LogP contribution in [0.4, 0.5) is 0 Å². The molecule has 1 aliphatic carbocycles. The lowest BCUT2D eigenvalue weighted by Crippen LogP contribution is -2.02. The molecule has 2 N–H and O–H groups in total. The number of ketones is 1. The van der Waals surface area contributed by atoms with Crippen LogP contribution < -0.4 is 0 Å². The number of aliphatic hydroxyl groups excluding tert-OH is 1. The van der Waals surface area contributed by atoms with Crippen molar-refractivity contribution in [1.29, 1.82) is 0 Å². The standard InChI is InChI=1S/C19H13NO3/c1-10-11-6-4-5-9-14(11)20-16(17(10)21)15-18(22)12-7-2-3-8-13(12)19(15)23/h2-9,21-22H,1H3. The summed E-state index contributed by atoms with van der Waals surface area (Å²) in [5.74, 6) is -0.537. The molecule has 1 aromatic heterocycles. The molecule has 0 saturated carbocycles. The molecule has 0 fully saturated rings. The Morgan fingerprint density at radius 2 is 1.57 bits per heavy atom. The summed E-state index contributed by atoms with van der Waals surface area (Å²) in [4.78, 5) is 17.1. The molecule has 0 radical (unpaired) electrons. The molecule has 4 heteroatoms. The van der Waals surface area contributed by atoms with E-state index in [0.29, 0.717) is 22.2 Å². The van der Waals surface area contributed by atoms with Gasteiger partial charge in [-0.3, -0.25) is 4.79 Å². The first kappa shape index (κ1) is 13.5. The number of hydrogen-bond donors (Lipinski definition) is 2. The second-order valence-electron chi connectivity index (χ2n) is 5.55. The Bertz CT molecular complexity index is 1020. The van der Waals surface area contributed by atoms with Crippen LogP contribution in [0.5, 0.6) is 5.75 Å². The van der Waals surface area contributed by atoms with E-state index in [4.69, 9.17) is 0 Å². The number of allylic oxidation sites excluding steroid dienone is 1. The summed E-state index contributed by atoms with van der Waals surface area (Å²) in [5, 5.41) is 21.8. The van der Waals surface area contributed by atoms with Crippen molar-refractivity contribution < 1.29 is 15.0 Å². The van der Waals surface area contributed by atoms with Gasteiger partial charge >= 0.3 is 0 Å². The third kappa shape index (κ3) is 1.78. The van der Waals surface area contributed by atoms with E-state index >= 15 is 0 Å². The summed E-state index contributed by atoms with van der Waals surface area (Å²) in [7, 11) is 0. The van der Waals surface area contributed by atoms with E-state index in [-0.39, 0.29) is 28.6 Å². The molecule has 0 aliphatic heterocycles. The van der Waals surface area contributed by atoms with E-state index in [9.17, 15) is 15.0 Å². The van der Waals surface area contributed by atoms with Crippen LogP contribution in [-0.4, -0.2) is 21.0 Å². The van der Waals surface area contributed by atoms with Gasteiger partial charge in [-0.05, 0) is 13.0 Å². The molecular formula is C19H13NO3. The summed E-state index contributed by atoms with van der Waals surface area (Å²) in [5.41, 5.74) is 2.38. The van der Waals surface area contributed by atoms with Gasteiger partial charge in [-0.2, -0.15) is 0 Å². The SMILES string of the molecule is Cc1c(O)c(C2=C(O)c3ccccc3C2=O)nc2ccccc12. The highest BCUT2D eigenvalue weighted by molar-refractivity contribution is 6.39. The van der Waals surface area contributed by atoms with Crippen molar-refractivity contribution in [2.75, 3.05) is 0 Å². The fraction of sp³-hybridized carbons (Fsp3) is 0.0526. The number of nitrogens with zero attached hydrogens (tertiary/aromatic N) is 1. The molecule has 0 amide bonds. The van der Waals surface area contributed by atoms with E-state index < -0.39 is 0 Å². The number of Topliss-reactive ketones (excluding diaryl/α,β-unsaturated/α-hetero) is 1. The maximum absolute atomic E-state index is 12.6. The Labute approximate surface area is 132 Å². The van der Waals surface area contributed by atoms with Gasteiger partial charge in [0.05, 0.1) is 11.1 Å². The molecular weight excluding hydrogens is 290 g/mol. The summed E-state index contributed by atoms with van der Waals surface area (Å²) < 4.78 is 0. The van der Waals surface area contributed by atoms with Crippen LogP contribution in [-0.2, 0) is 0 Å². The van der Waals surface area contributed by atoms with Crippen LogP contribution in [0.3, 0.4) is 0 Å². The summed E-state index contributed by atoms with van der Waals surface area (Å²) in [6, 6.07) is 14.2. The van der Waals surface area contributed by atoms with Gasteiger partial charge in [0.25, 0.3) is 0 Å². The van der Waals surface area contributed by atoms with Gasteiger partial charge in [-0.1, -0.05) is 42.5 Å². The van der Waals surface area contributed by atoms with E-state index in [1.807, 2.05) is 24.3 Å². The van der Waals surface area contributed by atoms with Crippen molar-refractivity contribution >= 4 is 28.0 Å². The van der Waals surface area contributed by atoms with Crippen molar-refractivity contribution in [2.45, 2.75) is 6.92 Å². The number of hydrogen-bond acceptors (Lipinski definition) is 4. The molecule has 4 nitrogen and oxygen atoms in total. The zero-order valence-electron chi connectivity index (χ0n) is 12.4. The normalized spacial score (nSPS) is 13.7. The first-order valence-electron chi connectivity index (χ1n) is 7.25. The number of aryl methyl sites for hydroxylation is 1. The van der Waals surface area contributed by atoms with E-state index in [1.54, 1.807) is 31.2 Å². The molecule has 0 bridgehead atoms. The van der Waals surface area contributed by atoms with Gasteiger partial charge in [0.15, 0.2) is 5.78 Å². The molecule has 1 heterocycles. The second-order valence-corrected chi connectivity index (χ2v) is 5.55. The minimum atomic E-state index is -0.324. The quantitative estimate of drug-likeness (QED) is 0.716. The maximum atomic E-state index is 12.6. The number of pyridine rings is 1. The van der Waals surface area contributed by atoms with Gasteiger partial charge in [0, 0.05) is 22.1 Å². The number of carbonyl (C=O) groups excluding carboxylic acids is 1. The third-order valence-electron chi connectivity index (χ3n) is 4.25. The Balaban J connectivity index is 2.03. The highest BCUT2D eigenvalue weighted by Crippen LogP contribution is 2.41. The molecule has 3 aromatic rings. The number of carbonyl (C=O) groups is 1. The first-order chi connectivity index (χ1) is 11.1. The summed E-state index contributed by atoms with van der Waals surface area (Å²) in [6.45, 7) is 1.77. The predicted molar refractivity (Wildman–Crippen MR) is 88.4 cm³/mol. The largest absolute Gasteiger partial charge is 0.506 e. The molecule has 112 valence electrons. The average Bonchev–Trinajstić information content (AvgIpc) is 2.83. The van der Waals surface area contributed by atoms with Crippen LogP contribution in [0.25, 0.3) is 22.2 Å². The van der Waals surface area contributed by atoms with Crippen molar-refractivity contribution in [3.8, 4) is 5.75 Å². The van der Waals surface area contributed by atoms with Crippen LogP contribution >= 0.6 is 0 Å². The molecule has 0 unspecified atom stereocenters. The van der Waals surface area contributed by atoms with E-state index in [0.717, 1.165) is 5.39 Å². The Hall–Kier alpha value is -3.14. The predicted octanol–water partition coefficient (Wildman–Crippen LogP) is 3.87. The maximum Gasteiger partial charge on any atom is 0.199 e. The Morgan fingerprint density at radius 1 is 0.913 bits per heavy atom. The molecule has 23 heavy (non-hydrogen) atoms. The van der Waals surface area contributed by atoms with Crippen LogP contribution in [0.2, 0.25) is 0 Å².